The van der Waals surface area contributed by atoms with E-state index in [2.05, 4.69) is 0 Å². The molecule has 148 valence electrons. The van der Waals surface area contributed by atoms with Gasteiger partial charge in [-0.2, -0.15) is 0 Å². The molecule has 0 spiro atoms. The van der Waals surface area contributed by atoms with E-state index in [1.807, 2.05) is 0 Å². The Labute approximate surface area is 170 Å². The zero-order chi connectivity index (χ0) is 20.4. The van der Waals surface area contributed by atoms with Gasteiger partial charge in [-0.25, -0.2) is 0 Å². The summed E-state index contributed by atoms with van der Waals surface area (Å²) in [6, 6.07) is 4.18. The summed E-state index contributed by atoms with van der Waals surface area (Å²) < 4.78 is 10.9. The third kappa shape index (κ3) is 3.69. The van der Waals surface area contributed by atoms with Crippen molar-refractivity contribution in [1.29, 1.82) is 0 Å². The van der Waals surface area contributed by atoms with Crippen molar-refractivity contribution >= 4 is 52.2 Å². The van der Waals surface area contributed by atoms with Gasteiger partial charge in [-0.3, -0.25) is 19.3 Å². The predicted octanol–water partition coefficient (Wildman–Crippen LogP) is 2.57. The average molecular weight is 423 g/mol. The van der Waals surface area contributed by atoms with Gasteiger partial charge in [-0.1, -0.05) is 49.5 Å². The molecule has 1 atom stereocenters. The summed E-state index contributed by atoms with van der Waals surface area (Å²) in [5.74, 6) is -4.22. The van der Waals surface area contributed by atoms with Crippen molar-refractivity contribution < 1.29 is 34.1 Å². The summed E-state index contributed by atoms with van der Waals surface area (Å²) in [6.07, 6.45) is 2.28. The van der Waals surface area contributed by atoms with E-state index in [9.17, 15) is 24.6 Å². The van der Waals surface area contributed by atoms with Crippen LogP contribution < -0.4 is 9.47 Å². The second-order valence-corrected chi connectivity index (χ2v) is 7.82. The minimum atomic E-state index is -1.76. The smallest absolute Gasteiger partial charge is 0.320 e. The average Bonchev–Trinajstić information content (AvgIpc) is 3.19. The second-order valence-electron chi connectivity index (χ2n) is 6.14. The van der Waals surface area contributed by atoms with Crippen LogP contribution in [0, 0.1) is 5.92 Å². The summed E-state index contributed by atoms with van der Waals surface area (Å²) in [5.41, 5.74) is 0.621. The first kappa shape index (κ1) is 20.2. The number of amides is 1. The lowest BCUT2D eigenvalue weighted by molar-refractivity contribution is -0.157. The van der Waals surface area contributed by atoms with Crippen LogP contribution in [-0.4, -0.2) is 50.1 Å². The van der Waals surface area contributed by atoms with E-state index in [0.717, 1.165) is 16.7 Å². The van der Waals surface area contributed by atoms with Crippen molar-refractivity contribution in [1.82, 2.24) is 4.90 Å². The molecule has 1 aromatic carbocycles. The number of carbonyl (C=O) groups excluding carboxylic acids is 1. The molecule has 3 rings (SSSR count). The number of carboxylic acids is 2. The van der Waals surface area contributed by atoms with Crippen LogP contribution in [0.3, 0.4) is 0 Å². The topological polar surface area (TPSA) is 113 Å². The highest BCUT2D eigenvalue weighted by atomic mass is 32.2. The minimum Gasteiger partial charge on any atom is -0.481 e. The summed E-state index contributed by atoms with van der Waals surface area (Å²) in [4.78, 5) is 37.4. The number of hydrogen-bond donors (Lipinski definition) is 2. The fourth-order valence-electron chi connectivity index (χ4n) is 3.15. The van der Waals surface area contributed by atoms with Crippen molar-refractivity contribution in [2.24, 2.45) is 5.92 Å². The van der Waals surface area contributed by atoms with Gasteiger partial charge in [0, 0.05) is 5.56 Å². The van der Waals surface area contributed by atoms with Crippen molar-refractivity contribution in [3.8, 4) is 11.5 Å². The SMILES string of the molecule is CCCC(C(C(=O)O)C(=O)O)N1C(=O)C(=Cc2cccc3c2OCO3)SC1=S. The highest BCUT2D eigenvalue weighted by Gasteiger charge is 2.45. The molecule has 1 unspecified atom stereocenters. The molecular weight excluding hydrogens is 406 g/mol. The predicted molar refractivity (Wildman–Crippen MR) is 105 cm³/mol. The van der Waals surface area contributed by atoms with Crippen LogP contribution >= 0.6 is 24.0 Å². The number of carbonyl (C=O) groups is 3. The van der Waals surface area contributed by atoms with Crippen LogP contribution in [0.4, 0.5) is 0 Å². The number of benzene rings is 1. The van der Waals surface area contributed by atoms with E-state index in [1.165, 1.54) is 0 Å². The first-order valence-electron chi connectivity index (χ1n) is 8.46. The van der Waals surface area contributed by atoms with Gasteiger partial charge in [0.2, 0.25) is 6.79 Å². The molecule has 1 aromatic rings. The third-order valence-corrected chi connectivity index (χ3v) is 5.70. The number of rotatable bonds is 7. The van der Waals surface area contributed by atoms with E-state index in [0.29, 0.717) is 23.5 Å². The Balaban J connectivity index is 1.95. The normalized spacial score (nSPS) is 18.2. The van der Waals surface area contributed by atoms with E-state index in [-0.39, 0.29) is 22.4 Å². The van der Waals surface area contributed by atoms with Crippen molar-refractivity contribution in [2.75, 3.05) is 6.79 Å². The molecule has 2 aliphatic rings. The molecule has 8 nitrogen and oxygen atoms in total. The van der Waals surface area contributed by atoms with Crippen LogP contribution in [0.25, 0.3) is 6.08 Å². The molecular formula is C18H17NO7S2. The Kier molecular flexibility index (Phi) is 5.90. The summed E-state index contributed by atoms with van der Waals surface area (Å²) in [7, 11) is 0. The van der Waals surface area contributed by atoms with Gasteiger partial charge in [0.15, 0.2) is 17.4 Å². The van der Waals surface area contributed by atoms with Crippen molar-refractivity contribution in [3.05, 3.63) is 28.7 Å². The quantitative estimate of drug-likeness (QED) is 0.388. The number of hydrogen-bond acceptors (Lipinski definition) is 7. The number of para-hydroxylation sites is 1. The van der Waals surface area contributed by atoms with Gasteiger partial charge >= 0.3 is 11.9 Å². The molecule has 0 saturated carbocycles. The molecule has 2 heterocycles. The van der Waals surface area contributed by atoms with Gasteiger partial charge in [0.25, 0.3) is 5.91 Å². The fourth-order valence-corrected chi connectivity index (χ4v) is 4.51. The Hall–Kier alpha value is -2.59. The standard InChI is InChI=1S/C18H17NO7S2/c1-2-4-10(13(16(21)22)17(23)24)19-15(20)12(28-18(19)27)7-9-5-3-6-11-14(9)26-8-25-11/h3,5-7,10,13H,2,4,8H2,1H3,(H,21,22)(H,23,24). The van der Waals surface area contributed by atoms with E-state index in [1.54, 1.807) is 31.2 Å². The van der Waals surface area contributed by atoms with Gasteiger partial charge in [-0.15, -0.1) is 0 Å². The summed E-state index contributed by atoms with van der Waals surface area (Å²) in [6.45, 7) is 1.87. The number of aliphatic carboxylic acids is 2. The molecule has 10 heteroatoms. The number of thiocarbonyl (C=S) groups is 1. The molecule has 0 radical (unpaired) electrons. The molecule has 1 amide bonds. The Bertz CT molecular complexity index is 869. The molecule has 28 heavy (non-hydrogen) atoms. The van der Waals surface area contributed by atoms with Crippen LogP contribution in [0.15, 0.2) is 23.1 Å². The lowest BCUT2D eigenvalue weighted by Crippen LogP contribution is -2.48. The second kappa shape index (κ2) is 8.19. The molecule has 0 aliphatic carbocycles. The first-order chi connectivity index (χ1) is 13.3. The van der Waals surface area contributed by atoms with Crippen molar-refractivity contribution in [3.63, 3.8) is 0 Å². The molecule has 2 aliphatic heterocycles. The highest BCUT2D eigenvalue weighted by Crippen LogP contribution is 2.41. The number of thioether (sulfide) groups is 1. The Morgan fingerprint density at radius 3 is 2.68 bits per heavy atom. The zero-order valence-corrected chi connectivity index (χ0v) is 16.4. The number of carboxylic acid groups (broad SMARTS) is 2. The number of fused-ring (bicyclic) bond motifs is 1. The van der Waals surface area contributed by atoms with Gasteiger partial charge < -0.3 is 19.7 Å². The highest BCUT2D eigenvalue weighted by molar-refractivity contribution is 8.26. The largest absolute Gasteiger partial charge is 0.481 e. The lowest BCUT2D eigenvalue weighted by atomic mass is 9.94. The Morgan fingerprint density at radius 2 is 2.04 bits per heavy atom. The van der Waals surface area contributed by atoms with Gasteiger partial charge in [0.1, 0.15) is 4.32 Å². The molecule has 0 aromatic heterocycles. The monoisotopic (exact) mass is 423 g/mol. The maximum atomic E-state index is 13.0. The number of nitrogens with zero attached hydrogens (tertiary/aromatic N) is 1. The maximum Gasteiger partial charge on any atom is 0.320 e. The lowest BCUT2D eigenvalue weighted by Gasteiger charge is -2.29. The molecule has 1 fully saturated rings. The first-order valence-corrected chi connectivity index (χ1v) is 9.69. The van der Waals surface area contributed by atoms with Crippen LogP contribution in [0.1, 0.15) is 25.3 Å². The Morgan fingerprint density at radius 1 is 1.32 bits per heavy atom. The van der Waals surface area contributed by atoms with E-state index in [4.69, 9.17) is 21.7 Å². The summed E-state index contributed by atoms with van der Waals surface area (Å²) in [5, 5.41) is 18.7. The fraction of sp³-hybridized carbons (Fsp3) is 0.333. The zero-order valence-electron chi connectivity index (χ0n) is 14.8. The maximum absolute atomic E-state index is 13.0. The number of ether oxygens (including phenoxy) is 2. The van der Waals surface area contributed by atoms with Crippen LogP contribution in [-0.2, 0) is 14.4 Å². The van der Waals surface area contributed by atoms with Crippen molar-refractivity contribution in [2.45, 2.75) is 25.8 Å². The molecule has 2 N–H and O–H groups in total. The van der Waals surface area contributed by atoms with Crippen LogP contribution in [0.5, 0.6) is 11.5 Å². The third-order valence-electron chi connectivity index (χ3n) is 4.37. The van der Waals surface area contributed by atoms with Gasteiger partial charge in [0.05, 0.1) is 10.9 Å². The summed E-state index contributed by atoms with van der Waals surface area (Å²) >= 11 is 6.28. The van der Waals surface area contributed by atoms with Gasteiger partial charge in [-0.05, 0) is 18.6 Å². The van der Waals surface area contributed by atoms with E-state index < -0.39 is 29.8 Å². The molecule has 1 saturated heterocycles. The minimum absolute atomic E-state index is 0.0820. The van der Waals surface area contributed by atoms with Crippen LogP contribution in [0.2, 0.25) is 0 Å². The molecule has 0 bridgehead atoms. The van der Waals surface area contributed by atoms with E-state index >= 15 is 0 Å².